The SMILES string of the molecule is COc1cc(Nc2ncc(F)c(NC3CC(C)(C)NC(C)(C)C3)n2)cc(OCCn2cccc2)c1. The summed E-state index contributed by atoms with van der Waals surface area (Å²) in [7, 11) is 1.60. The second-order valence-corrected chi connectivity index (χ2v) is 10.3. The summed E-state index contributed by atoms with van der Waals surface area (Å²) in [6.45, 7) is 9.87. The zero-order valence-corrected chi connectivity index (χ0v) is 21.1. The second-order valence-electron chi connectivity index (χ2n) is 10.3. The summed E-state index contributed by atoms with van der Waals surface area (Å²) in [6, 6.07) is 9.51. The Hall–Kier alpha value is -3.33. The average Bonchev–Trinajstić information content (AvgIpc) is 3.27. The molecule has 0 spiro atoms. The minimum Gasteiger partial charge on any atom is -0.497 e. The minimum atomic E-state index is -0.482. The first-order valence-electron chi connectivity index (χ1n) is 11.9. The van der Waals surface area contributed by atoms with E-state index in [4.69, 9.17) is 9.47 Å². The molecule has 0 atom stereocenters. The van der Waals surface area contributed by atoms with Crippen LogP contribution in [0.1, 0.15) is 40.5 Å². The second kappa shape index (κ2) is 10.1. The van der Waals surface area contributed by atoms with Crippen LogP contribution in [0.15, 0.2) is 48.9 Å². The number of hydrogen-bond acceptors (Lipinski definition) is 7. The van der Waals surface area contributed by atoms with Gasteiger partial charge in [0.25, 0.3) is 0 Å². The highest BCUT2D eigenvalue weighted by Gasteiger charge is 2.38. The molecule has 1 aliphatic heterocycles. The molecule has 1 fully saturated rings. The molecule has 0 radical (unpaired) electrons. The standard InChI is InChI=1S/C26H35FN6O2/c1-25(2)15-19(16-26(3,4)32-25)29-23-22(27)17-28-24(31-23)30-18-12-20(34-5)14-21(13-18)35-11-10-33-8-6-7-9-33/h6-9,12-14,17,19,32H,10-11,15-16H2,1-5H3,(H2,28,29,30,31). The highest BCUT2D eigenvalue weighted by molar-refractivity contribution is 5.60. The minimum absolute atomic E-state index is 0.0671. The van der Waals surface area contributed by atoms with Crippen LogP contribution in [0.25, 0.3) is 0 Å². The van der Waals surface area contributed by atoms with E-state index in [0.29, 0.717) is 23.8 Å². The molecule has 1 aromatic carbocycles. The fraction of sp³-hybridized carbons (Fsp3) is 0.462. The molecular formula is C26H35FN6O2. The van der Waals surface area contributed by atoms with Crippen LogP contribution in [0.3, 0.4) is 0 Å². The molecule has 3 heterocycles. The van der Waals surface area contributed by atoms with E-state index < -0.39 is 5.82 Å². The fourth-order valence-corrected chi connectivity index (χ4v) is 4.91. The first-order valence-corrected chi connectivity index (χ1v) is 11.9. The van der Waals surface area contributed by atoms with Crippen molar-refractivity contribution >= 4 is 17.5 Å². The number of benzene rings is 1. The van der Waals surface area contributed by atoms with Gasteiger partial charge in [-0.2, -0.15) is 4.98 Å². The van der Waals surface area contributed by atoms with Crippen molar-refractivity contribution in [2.75, 3.05) is 24.4 Å². The van der Waals surface area contributed by atoms with Crippen LogP contribution in [0.4, 0.5) is 21.8 Å². The molecule has 3 aromatic rings. The number of ether oxygens (including phenoxy) is 2. The average molecular weight is 483 g/mol. The molecule has 0 saturated carbocycles. The Bertz CT molecular complexity index is 1120. The van der Waals surface area contributed by atoms with Gasteiger partial charge in [-0.25, -0.2) is 9.37 Å². The lowest BCUT2D eigenvalue weighted by Crippen LogP contribution is -2.60. The van der Waals surface area contributed by atoms with Gasteiger partial charge >= 0.3 is 0 Å². The molecule has 3 N–H and O–H groups in total. The van der Waals surface area contributed by atoms with Crippen LogP contribution in [-0.2, 0) is 6.54 Å². The summed E-state index contributed by atoms with van der Waals surface area (Å²) in [6.07, 6.45) is 6.87. The molecule has 2 aromatic heterocycles. The van der Waals surface area contributed by atoms with E-state index in [1.807, 2.05) is 47.3 Å². The number of aromatic nitrogens is 3. The zero-order valence-electron chi connectivity index (χ0n) is 21.1. The first kappa shape index (κ1) is 24.8. The van der Waals surface area contributed by atoms with Crippen LogP contribution in [0, 0.1) is 5.82 Å². The van der Waals surface area contributed by atoms with Crippen molar-refractivity contribution in [3.05, 3.63) is 54.7 Å². The van der Waals surface area contributed by atoms with Gasteiger partial charge in [0.2, 0.25) is 5.95 Å². The van der Waals surface area contributed by atoms with Crippen molar-refractivity contribution in [1.29, 1.82) is 0 Å². The zero-order chi connectivity index (χ0) is 25.1. The van der Waals surface area contributed by atoms with Gasteiger partial charge in [0.15, 0.2) is 11.6 Å². The van der Waals surface area contributed by atoms with E-state index in [2.05, 4.69) is 53.6 Å². The normalized spacial score (nSPS) is 17.1. The Kier molecular flexibility index (Phi) is 7.16. The molecule has 9 heteroatoms. The smallest absolute Gasteiger partial charge is 0.229 e. The van der Waals surface area contributed by atoms with Gasteiger partial charge in [-0.1, -0.05) is 0 Å². The molecule has 1 saturated heterocycles. The van der Waals surface area contributed by atoms with E-state index in [1.54, 1.807) is 7.11 Å². The maximum Gasteiger partial charge on any atom is 0.229 e. The Morgan fingerprint density at radius 3 is 2.46 bits per heavy atom. The van der Waals surface area contributed by atoms with Gasteiger partial charge in [-0.15, -0.1) is 0 Å². The quantitative estimate of drug-likeness (QED) is 0.397. The Balaban J connectivity index is 1.46. The van der Waals surface area contributed by atoms with Gasteiger partial charge < -0.3 is 30.0 Å². The number of piperidine rings is 1. The summed E-state index contributed by atoms with van der Waals surface area (Å²) in [5, 5.41) is 10.1. The van der Waals surface area contributed by atoms with Crippen molar-refractivity contribution in [2.45, 2.75) is 64.2 Å². The van der Waals surface area contributed by atoms with Gasteiger partial charge in [0, 0.05) is 53.4 Å². The van der Waals surface area contributed by atoms with Crippen LogP contribution in [-0.4, -0.2) is 45.4 Å². The molecular weight excluding hydrogens is 447 g/mol. The molecule has 0 bridgehead atoms. The molecule has 0 aliphatic carbocycles. The van der Waals surface area contributed by atoms with Gasteiger partial charge in [-0.3, -0.25) is 0 Å². The molecule has 1 aliphatic rings. The lowest BCUT2D eigenvalue weighted by atomic mass is 9.79. The molecule has 188 valence electrons. The third-order valence-electron chi connectivity index (χ3n) is 5.93. The number of hydrogen-bond donors (Lipinski definition) is 3. The summed E-state index contributed by atoms with van der Waals surface area (Å²) in [5.74, 6) is 1.27. The predicted octanol–water partition coefficient (Wildman–Crippen LogP) is 4.97. The molecule has 0 unspecified atom stereocenters. The fourth-order valence-electron chi connectivity index (χ4n) is 4.91. The number of nitrogens with zero attached hydrogens (tertiary/aromatic N) is 3. The number of nitrogens with one attached hydrogen (secondary N) is 3. The summed E-state index contributed by atoms with van der Waals surface area (Å²) in [5.41, 5.74) is 0.548. The maximum atomic E-state index is 14.6. The molecule has 35 heavy (non-hydrogen) atoms. The number of anilines is 3. The maximum absolute atomic E-state index is 14.6. The summed E-state index contributed by atoms with van der Waals surface area (Å²) >= 11 is 0. The van der Waals surface area contributed by atoms with Crippen molar-refractivity contribution < 1.29 is 13.9 Å². The Morgan fingerprint density at radius 1 is 1.09 bits per heavy atom. The number of methoxy groups -OCH3 is 1. The third kappa shape index (κ3) is 6.85. The molecule has 4 rings (SSSR count). The monoisotopic (exact) mass is 482 g/mol. The van der Waals surface area contributed by atoms with Crippen LogP contribution >= 0.6 is 0 Å². The lowest BCUT2D eigenvalue weighted by molar-refractivity contribution is 0.170. The Labute approximate surface area is 206 Å². The van der Waals surface area contributed by atoms with Crippen LogP contribution in [0.2, 0.25) is 0 Å². The topological polar surface area (TPSA) is 85.3 Å². The van der Waals surface area contributed by atoms with Crippen LogP contribution in [0.5, 0.6) is 11.5 Å². The molecule has 8 nitrogen and oxygen atoms in total. The first-order chi connectivity index (χ1) is 16.6. The van der Waals surface area contributed by atoms with Crippen molar-refractivity contribution in [1.82, 2.24) is 19.9 Å². The summed E-state index contributed by atoms with van der Waals surface area (Å²) in [4.78, 5) is 8.56. The summed E-state index contributed by atoms with van der Waals surface area (Å²) < 4.78 is 28.0. The van der Waals surface area contributed by atoms with Gasteiger partial charge in [0.1, 0.15) is 18.1 Å². The van der Waals surface area contributed by atoms with E-state index in [9.17, 15) is 4.39 Å². The number of halogens is 1. The van der Waals surface area contributed by atoms with Crippen LogP contribution < -0.4 is 25.4 Å². The Morgan fingerprint density at radius 2 is 1.77 bits per heavy atom. The molecule has 0 amide bonds. The highest BCUT2D eigenvalue weighted by atomic mass is 19.1. The van der Waals surface area contributed by atoms with E-state index in [0.717, 1.165) is 19.4 Å². The van der Waals surface area contributed by atoms with E-state index >= 15 is 0 Å². The highest BCUT2D eigenvalue weighted by Crippen LogP contribution is 2.31. The van der Waals surface area contributed by atoms with Crippen molar-refractivity contribution in [2.24, 2.45) is 0 Å². The predicted molar refractivity (Wildman–Crippen MR) is 136 cm³/mol. The largest absolute Gasteiger partial charge is 0.497 e. The van der Waals surface area contributed by atoms with Gasteiger partial charge in [0.05, 0.1) is 19.9 Å². The number of rotatable bonds is 9. The van der Waals surface area contributed by atoms with E-state index in [-0.39, 0.29) is 28.9 Å². The van der Waals surface area contributed by atoms with Crippen molar-refractivity contribution in [3.8, 4) is 11.5 Å². The van der Waals surface area contributed by atoms with Crippen molar-refractivity contribution in [3.63, 3.8) is 0 Å². The van der Waals surface area contributed by atoms with Gasteiger partial charge in [-0.05, 0) is 52.7 Å². The van der Waals surface area contributed by atoms with E-state index in [1.165, 1.54) is 6.20 Å². The third-order valence-corrected chi connectivity index (χ3v) is 5.93. The lowest BCUT2D eigenvalue weighted by Gasteiger charge is -2.46.